The van der Waals surface area contributed by atoms with Gasteiger partial charge in [0, 0.05) is 11.8 Å². The number of anilines is 1. The van der Waals surface area contributed by atoms with Gasteiger partial charge < -0.3 is 29.4 Å². The van der Waals surface area contributed by atoms with Gasteiger partial charge in [-0.05, 0) is 54.6 Å². The summed E-state index contributed by atoms with van der Waals surface area (Å²) in [6.07, 6.45) is 1.49. The molecule has 2 heterocycles. The average Bonchev–Trinajstić information content (AvgIpc) is 3.10. The third kappa shape index (κ3) is 5.89. The Labute approximate surface area is 209 Å². The summed E-state index contributed by atoms with van der Waals surface area (Å²) in [6, 6.07) is 9.61. The van der Waals surface area contributed by atoms with Crippen LogP contribution in [0.1, 0.15) is 12.5 Å². The number of aliphatic carboxylic acids is 1. The highest BCUT2D eigenvalue weighted by Gasteiger charge is 2.36. The monoisotopic (exact) mass is 514 g/mol. The molecular formula is C24H22N2O9S. The molecule has 2 N–H and O–H groups in total. The minimum absolute atomic E-state index is 0.133. The van der Waals surface area contributed by atoms with Crippen LogP contribution in [0.2, 0.25) is 0 Å². The number of benzene rings is 2. The minimum atomic E-state index is -1.13. The predicted octanol–water partition coefficient (Wildman–Crippen LogP) is 2.99. The van der Waals surface area contributed by atoms with Gasteiger partial charge in [0.1, 0.15) is 19.8 Å². The normalized spacial score (nSPS) is 15.7. The number of amides is 3. The molecule has 0 aromatic heterocycles. The fourth-order valence-electron chi connectivity index (χ4n) is 3.39. The molecule has 3 amide bonds. The lowest BCUT2D eigenvalue weighted by molar-refractivity contribution is -0.139. The molecule has 0 radical (unpaired) electrons. The first-order valence-electron chi connectivity index (χ1n) is 10.9. The summed E-state index contributed by atoms with van der Waals surface area (Å²) in [5.74, 6) is -0.678. The average molecular weight is 515 g/mol. The molecule has 2 aliphatic rings. The van der Waals surface area contributed by atoms with Crippen LogP contribution in [-0.2, 0) is 14.4 Å². The number of ether oxygens (including phenoxy) is 4. The van der Waals surface area contributed by atoms with Crippen molar-refractivity contribution in [3.8, 4) is 23.0 Å². The lowest BCUT2D eigenvalue weighted by Crippen LogP contribution is -2.36. The maximum absolute atomic E-state index is 12.8. The van der Waals surface area contributed by atoms with E-state index in [0.717, 1.165) is 4.90 Å². The Balaban J connectivity index is 1.43. The molecule has 0 bridgehead atoms. The summed E-state index contributed by atoms with van der Waals surface area (Å²) in [7, 11) is 0. The lowest BCUT2D eigenvalue weighted by Gasteiger charge is -2.19. The van der Waals surface area contributed by atoms with Crippen molar-refractivity contribution < 1.29 is 43.2 Å². The highest BCUT2D eigenvalue weighted by molar-refractivity contribution is 8.18. The standard InChI is InChI=1S/C24H22N2O9S/c1-2-32-18-9-14(3-5-17(18)35-13-22(28)29)10-20-23(30)26(24(31)36-20)12-21(27)25-15-4-6-16-19(11-15)34-8-7-33-16/h3-6,9-11H,2,7-8,12-13H2,1H3,(H,25,27)(H,28,29)/b20-10+. The van der Waals surface area contributed by atoms with E-state index in [9.17, 15) is 19.2 Å². The second-order valence-corrected chi connectivity index (χ2v) is 8.49. The number of carbonyl (C=O) groups excluding carboxylic acids is 3. The Bertz CT molecular complexity index is 1240. The molecule has 0 aliphatic carbocycles. The molecule has 11 nitrogen and oxygen atoms in total. The Morgan fingerprint density at radius 3 is 2.61 bits per heavy atom. The first kappa shape index (κ1) is 24.9. The Hall–Kier alpha value is -4.19. The zero-order valence-electron chi connectivity index (χ0n) is 19.1. The van der Waals surface area contributed by atoms with E-state index in [0.29, 0.717) is 60.1 Å². The Morgan fingerprint density at radius 1 is 1.08 bits per heavy atom. The summed E-state index contributed by atoms with van der Waals surface area (Å²) in [5.41, 5.74) is 0.979. The lowest BCUT2D eigenvalue weighted by atomic mass is 10.2. The van der Waals surface area contributed by atoms with Gasteiger partial charge in [0.25, 0.3) is 11.1 Å². The fourth-order valence-corrected chi connectivity index (χ4v) is 4.23. The van der Waals surface area contributed by atoms with Gasteiger partial charge in [0.2, 0.25) is 5.91 Å². The maximum atomic E-state index is 12.8. The van der Waals surface area contributed by atoms with Crippen molar-refractivity contribution >= 4 is 46.5 Å². The molecule has 0 atom stereocenters. The first-order chi connectivity index (χ1) is 17.3. The van der Waals surface area contributed by atoms with Crippen LogP contribution in [0.15, 0.2) is 41.3 Å². The summed E-state index contributed by atoms with van der Waals surface area (Å²) in [5, 5.41) is 10.9. The Kier molecular flexibility index (Phi) is 7.64. The van der Waals surface area contributed by atoms with Crippen LogP contribution in [-0.4, -0.2) is 66.0 Å². The number of carboxylic acid groups (broad SMARTS) is 1. The SMILES string of the molecule is CCOc1cc(/C=C2/SC(=O)N(CC(=O)Nc3ccc4c(c3)OCCO4)C2=O)ccc1OCC(=O)O. The van der Waals surface area contributed by atoms with Gasteiger partial charge in [-0.2, -0.15) is 0 Å². The molecule has 2 aromatic carbocycles. The highest BCUT2D eigenvalue weighted by Crippen LogP contribution is 2.35. The van der Waals surface area contributed by atoms with Gasteiger partial charge in [0.05, 0.1) is 11.5 Å². The number of nitrogens with one attached hydrogen (secondary N) is 1. The molecule has 0 unspecified atom stereocenters. The maximum Gasteiger partial charge on any atom is 0.341 e. The predicted molar refractivity (Wildman–Crippen MR) is 129 cm³/mol. The van der Waals surface area contributed by atoms with Crippen molar-refractivity contribution in [2.75, 3.05) is 38.3 Å². The van der Waals surface area contributed by atoms with Crippen molar-refractivity contribution in [3.63, 3.8) is 0 Å². The second kappa shape index (κ2) is 11.0. The first-order valence-corrected chi connectivity index (χ1v) is 11.7. The number of carboxylic acids is 1. The molecule has 0 saturated carbocycles. The molecule has 1 saturated heterocycles. The van der Waals surface area contributed by atoms with E-state index in [2.05, 4.69) is 5.32 Å². The Morgan fingerprint density at radius 2 is 1.86 bits per heavy atom. The molecule has 12 heteroatoms. The second-order valence-electron chi connectivity index (χ2n) is 7.50. The number of imide groups is 1. The number of hydrogen-bond donors (Lipinski definition) is 2. The number of fused-ring (bicyclic) bond motifs is 1. The fraction of sp³-hybridized carbons (Fsp3) is 0.250. The van der Waals surface area contributed by atoms with Crippen LogP contribution in [0, 0.1) is 0 Å². The van der Waals surface area contributed by atoms with E-state index in [1.165, 1.54) is 12.1 Å². The molecule has 1 fully saturated rings. The number of carbonyl (C=O) groups is 4. The van der Waals surface area contributed by atoms with Crippen molar-refractivity contribution in [3.05, 3.63) is 46.9 Å². The van der Waals surface area contributed by atoms with Gasteiger partial charge in [-0.15, -0.1) is 0 Å². The zero-order chi connectivity index (χ0) is 25.7. The summed E-state index contributed by atoms with van der Waals surface area (Å²) >= 11 is 0.713. The zero-order valence-corrected chi connectivity index (χ0v) is 20.0. The molecule has 0 spiro atoms. The number of nitrogens with zero attached hydrogens (tertiary/aromatic N) is 1. The minimum Gasteiger partial charge on any atom is -0.490 e. The van der Waals surface area contributed by atoms with E-state index < -0.39 is 36.2 Å². The van der Waals surface area contributed by atoms with Crippen molar-refractivity contribution in [2.24, 2.45) is 0 Å². The van der Waals surface area contributed by atoms with E-state index in [1.807, 2.05) is 0 Å². The van der Waals surface area contributed by atoms with Crippen LogP contribution in [0.4, 0.5) is 10.5 Å². The van der Waals surface area contributed by atoms with Crippen molar-refractivity contribution in [1.29, 1.82) is 0 Å². The number of hydrogen-bond acceptors (Lipinski definition) is 9. The molecular weight excluding hydrogens is 492 g/mol. The number of rotatable bonds is 9. The van der Waals surface area contributed by atoms with Crippen molar-refractivity contribution in [1.82, 2.24) is 4.90 Å². The van der Waals surface area contributed by atoms with Gasteiger partial charge in [-0.3, -0.25) is 19.3 Å². The molecule has 2 aliphatic heterocycles. The van der Waals surface area contributed by atoms with Crippen LogP contribution in [0.3, 0.4) is 0 Å². The quantitative estimate of drug-likeness (QED) is 0.480. The van der Waals surface area contributed by atoms with Gasteiger partial charge >= 0.3 is 5.97 Å². The van der Waals surface area contributed by atoms with Crippen LogP contribution < -0.4 is 24.3 Å². The molecule has 188 valence electrons. The van der Waals surface area contributed by atoms with E-state index >= 15 is 0 Å². The molecule has 2 aromatic rings. The van der Waals surface area contributed by atoms with E-state index in [-0.39, 0.29) is 10.7 Å². The number of thioether (sulfide) groups is 1. The topological polar surface area (TPSA) is 141 Å². The van der Waals surface area contributed by atoms with Crippen LogP contribution in [0.25, 0.3) is 6.08 Å². The van der Waals surface area contributed by atoms with Gasteiger partial charge in [-0.25, -0.2) is 4.79 Å². The summed E-state index contributed by atoms with van der Waals surface area (Å²) < 4.78 is 21.7. The smallest absolute Gasteiger partial charge is 0.341 e. The van der Waals surface area contributed by atoms with Crippen LogP contribution >= 0.6 is 11.8 Å². The van der Waals surface area contributed by atoms with Crippen molar-refractivity contribution in [2.45, 2.75) is 6.92 Å². The van der Waals surface area contributed by atoms with Gasteiger partial charge in [-0.1, -0.05) is 6.07 Å². The largest absolute Gasteiger partial charge is 0.490 e. The third-order valence-electron chi connectivity index (χ3n) is 4.92. The van der Waals surface area contributed by atoms with Crippen LogP contribution in [0.5, 0.6) is 23.0 Å². The summed E-state index contributed by atoms with van der Waals surface area (Å²) in [6.45, 7) is 1.92. The molecule has 36 heavy (non-hydrogen) atoms. The van der Waals surface area contributed by atoms with Gasteiger partial charge in [0.15, 0.2) is 29.6 Å². The molecule has 4 rings (SSSR count). The van der Waals surface area contributed by atoms with E-state index in [4.69, 9.17) is 24.1 Å². The summed E-state index contributed by atoms with van der Waals surface area (Å²) in [4.78, 5) is 49.6. The highest BCUT2D eigenvalue weighted by atomic mass is 32.2. The van der Waals surface area contributed by atoms with E-state index in [1.54, 1.807) is 37.3 Å². The third-order valence-corrected chi connectivity index (χ3v) is 5.83.